The molecule has 1 aliphatic heterocycles. The van der Waals surface area contributed by atoms with E-state index in [0.717, 1.165) is 25.5 Å². The number of anilines is 1. The molecule has 1 amide bonds. The van der Waals surface area contributed by atoms with Gasteiger partial charge in [0.25, 0.3) is 5.91 Å². The predicted molar refractivity (Wildman–Crippen MR) is 81.5 cm³/mol. The van der Waals surface area contributed by atoms with Crippen molar-refractivity contribution in [1.29, 1.82) is 0 Å². The lowest BCUT2D eigenvalue weighted by atomic mass is 10.1. The largest absolute Gasteiger partial charge is 0.478 e. The van der Waals surface area contributed by atoms with Crippen molar-refractivity contribution < 1.29 is 29.0 Å². The number of aromatic nitrogens is 1. The van der Waals surface area contributed by atoms with Crippen molar-refractivity contribution in [2.45, 2.75) is 37.9 Å². The fraction of sp³-hybridized carbons (Fsp3) is 0.500. The van der Waals surface area contributed by atoms with E-state index in [0.29, 0.717) is 11.7 Å². The zero-order valence-corrected chi connectivity index (χ0v) is 13.2. The van der Waals surface area contributed by atoms with Gasteiger partial charge in [-0.25, -0.2) is 9.78 Å². The maximum absolute atomic E-state index is 12.7. The number of carboxylic acid groups (broad SMARTS) is 1. The molecule has 0 aromatic carbocycles. The molecule has 1 N–H and O–H groups in total. The zero-order chi connectivity index (χ0) is 17.3. The van der Waals surface area contributed by atoms with Crippen molar-refractivity contribution in [2.24, 2.45) is 0 Å². The van der Waals surface area contributed by atoms with E-state index in [4.69, 9.17) is 9.47 Å². The van der Waals surface area contributed by atoms with Gasteiger partial charge in [-0.3, -0.25) is 14.5 Å². The second kappa shape index (κ2) is 6.56. The van der Waals surface area contributed by atoms with Crippen LogP contribution in [-0.4, -0.2) is 53.3 Å². The Morgan fingerprint density at radius 1 is 1.42 bits per heavy atom. The highest BCUT2D eigenvalue weighted by atomic mass is 16.6. The summed E-state index contributed by atoms with van der Waals surface area (Å²) in [7, 11) is 0. The van der Waals surface area contributed by atoms with Crippen LogP contribution in [0.5, 0.6) is 0 Å². The number of pyridine rings is 1. The molecule has 2 atom stereocenters. The summed E-state index contributed by atoms with van der Waals surface area (Å²) in [6.07, 6.45) is -0.885. The topological polar surface area (TPSA) is 106 Å². The number of carbonyl (C=O) groups excluding carboxylic acids is 2. The Labute approximate surface area is 138 Å². The molecule has 1 saturated carbocycles. The van der Waals surface area contributed by atoms with E-state index in [1.54, 1.807) is 6.07 Å². The second-order valence-electron chi connectivity index (χ2n) is 5.84. The highest BCUT2D eigenvalue weighted by Crippen LogP contribution is 2.39. The lowest BCUT2D eigenvalue weighted by Crippen LogP contribution is -2.55. The number of carbonyl (C=O) groups is 3. The van der Waals surface area contributed by atoms with Gasteiger partial charge < -0.3 is 14.6 Å². The smallest absolute Gasteiger partial charge is 0.348 e. The molecule has 2 fully saturated rings. The standard InChI is InChI=1S/C16H18N2O6/c1-9(19)24-14(16(21)22)13-15(20)18(7-8-23-13)12-4-2-3-11(17-12)10-5-6-10/h2-4,10,13-14H,5-8H2,1H3,(H,21,22)/t13-,14-/m1/s1. The number of ether oxygens (including phenoxy) is 2. The Morgan fingerprint density at radius 3 is 2.79 bits per heavy atom. The summed E-state index contributed by atoms with van der Waals surface area (Å²) in [4.78, 5) is 41.0. The zero-order valence-electron chi connectivity index (χ0n) is 13.2. The van der Waals surface area contributed by atoms with Crippen molar-refractivity contribution in [2.75, 3.05) is 18.1 Å². The Bertz CT molecular complexity index is 672. The van der Waals surface area contributed by atoms with E-state index in [1.165, 1.54) is 4.90 Å². The summed E-state index contributed by atoms with van der Waals surface area (Å²) in [5.74, 6) is -1.89. The highest BCUT2D eigenvalue weighted by Gasteiger charge is 2.43. The summed E-state index contributed by atoms with van der Waals surface area (Å²) < 4.78 is 10.0. The van der Waals surface area contributed by atoms with Crippen LogP contribution in [0, 0.1) is 0 Å². The first-order chi connectivity index (χ1) is 11.5. The molecular weight excluding hydrogens is 316 g/mol. The van der Waals surface area contributed by atoms with E-state index in [9.17, 15) is 19.5 Å². The van der Waals surface area contributed by atoms with Crippen LogP contribution < -0.4 is 4.90 Å². The van der Waals surface area contributed by atoms with Crippen LogP contribution in [0.25, 0.3) is 0 Å². The minimum Gasteiger partial charge on any atom is -0.478 e. The molecule has 2 aliphatic rings. The van der Waals surface area contributed by atoms with Crippen molar-refractivity contribution in [3.8, 4) is 0 Å². The minimum atomic E-state index is -1.68. The van der Waals surface area contributed by atoms with Gasteiger partial charge in [-0.05, 0) is 25.0 Å². The number of amides is 1. The van der Waals surface area contributed by atoms with Gasteiger partial charge in [0.1, 0.15) is 5.82 Å². The van der Waals surface area contributed by atoms with Crippen molar-refractivity contribution >= 4 is 23.7 Å². The van der Waals surface area contributed by atoms with Crippen molar-refractivity contribution in [3.63, 3.8) is 0 Å². The van der Waals surface area contributed by atoms with Gasteiger partial charge in [0, 0.05) is 18.5 Å². The number of esters is 1. The maximum Gasteiger partial charge on any atom is 0.348 e. The highest BCUT2D eigenvalue weighted by molar-refractivity contribution is 5.99. The third-order valence-electron chi connectivity index (χ3n) is 3.96. The third-order valence-corrected chi connectivity index (χ3v) is 3.96. The first-order valence-electron chi connectivity index (χ1n) is 7.77. The van der Waals surface area contributed by atoms with Crippen LogP contribution >= 0.6 is 0 Å². The van der Waals surface area contributed by atoms with Crippen LogP contribution in [0.4, 0.5) is 5.82 Å². The van der Waals surface area contributed by atoms with E-state index in [2.05, 4.69) is 4.98 Å². The van der Waals surface area contributed by atoms with Gasteiger partial charge in [0.15, 0.2) is 6.10 Å². The van der Waals surface area contributed by atoms with Crippen LogP contribution in [0.3, 0.4) is 0 Å². The van der Waals surface area contributed by atoms with Gasteiger partial charge in [-0.1, -0.05) is 6.07 Å². The number of carboxylic acids is 1. The van der Waals surface area contributed by atoms with E-state index in [-0.39, 0.29) is 13.2 Å². The molecule has 3 rings (SSSR count). The second-order valence-corrected chi connectivity index (χ2v) is 5.84. The lowest BCUT2D eigenvalue weighted by Gasteiger charge is -2.33. The van der Waals surface area contributed by atoms with E-state index < -0.39 is 30.1 Å². The first-order valence-corrected chi connectivity index (χ1v) is 7.77. The van der Waals surface area contributed by atoms with Crippen molar-refractivity contribution in [1.82, 2.24) is 4.98 Å². The van der Waals surface area contributed by atoms with Gasteiger partial charge in [-0.15, -0.1) is 0 Å². The number of hydrogen-bond acceptors (Lipinski definition) is 6. The normalized spacial score (nSPS) is 22.1. The Balaban J connectivity index is 1.82. The minimum absolute atomic E-state index is 0.136. The fourth-order valence-electron chi connectivity index (χ4n) is 2.67. The molecule has 0 radical (unpaired) electrons. The van der Waals surface area contributed by atoms with Crippen LogP contribution in [0.1, 0.15) is 31.4 Å². The van der Waals surface area contributed by atoms with Crippen molar-refractivity contribution in [3.05, 3.63) is 23.9 Å². The Morgan fingerprint density at radius 2 is 2.17 bits per heavy atom. The SMILES string of the molecule is CC(=O)O[C@@H](C(=O)O)[C@H]1OCCN(c2cccc(C3CC3)n2)C1=O. The molecule has 0 spiro atoms. The van der Waals surface area contributed by atoms with E-state index >= 15 is 0 Å². The average molecular weight is 334 g/mol. The molecule has 1 aromatic heterocycles. The molecule has 24 heavy (non-hydrogen) atoms. The molecule has 8 heteroatoms. The van der Waals surface area contributed by atoms with Crippen LogP contribution in [0.15, 0.2) is 18.2 Å². The molecular formula is C16H18N2O6. The van der Waals surface area contributed by atoms with Crippen LogP contribution in [0.2, 0.25) is 0 Å². The van der Waals surface area contributed by atoms with Gasteiger partial charge in [0.2, 0.25) is 6.10 Å². The van der Waals surface area contributed by atoms with Crippen LogP contribution in [-0.2, 0) is 23.9 Å². The van der Waals surface area contributed by atoms with Gasteiger partial charge in [-0.2, -0.15) is 0 Å². The number of rotatable bonds is 5. The number of hydrogen-bond donors (Lipinski definition) is 1. The molecule has 2 heterocycles. The number of aliphatic carboxylic acids is 1. The fourth-order valence-corrected chi connectivity index (χ4v) is 2.67. The molecule has 1 aromatic rings. The molecule has 0 unspecified atom stereocenters. The average Bonchev–Trinajstić information content (AvgIpc) is 3.38. The molecule has 8 nitrogen and oxygen atoms in total. The monoisotopic (exact) mass is 334 g/mol. The third kappa shape index (κ3) is 3.38. The molecule has 1 saturated heterocycles. The summed E-state index contributed by atoms with van der Waals surface area (Å²) in [6.45, 7) is 1.49. The summed E-state index contributed by atoms with van der Waals surface area (Å²) in [6, 6.07) is 5.45. The summed E-state index contributed by atoms with van der Waals surface area (Å²) >= 11 is 0. The lowest BCUT2D eigenvalue weighted by molar-refractivity contribution is -0.177. The quantitative estimate of drug-likeness (QED) is 0.790. The predicted octanol–water partition coefficient (Wildman–Crippen LogP) is 0.707. The van der Waals surface area contributed by atoms with E-state index in [1.807, 2.05) is 12.1 Å². The summed E-state index contributed by atoms with van der Waals surface area (Å²) in [5.41, 5.74) is 0.929. The molecule has 0 bridgehead atoms. The molecule has 128 valence electrons. The van der Waals surface area contributed by atoms with Gasteiger partial charge >= 0.3 is 11.9 Å². The Kier molecular flexibility index (Phi) is 4.48. The maximum atomic E-state index is 12.7. The first kappa shape index (κ1) is 16.4. The molecule has 1 aliphatic carbocycles. The van der Waals surface area contributed by atoms with Gasteiger partial charge in [0.05, 0.1) is 13.2 Å². The summed E-state index contributed by atoms with van der Waals surface area (Å²) in [5, 5.41) is 9.23. The number of morpholine rings is 1. The number of nitrogens with zero attached hydrogens (tertiary/aromatic N) is 2. The Hall–Kier alpha value is -2.48.